The van der Waals surface area contributed by atoms with E-state index in [0.29, 0.717) is 13.1 Å². The van der Waals surface area contributed by atoms with Crippen LogP contribution >= 0.6 is 11.3 Å². The fraction of sp³-hybridized carbons (Fsp3) is 0.393. The average molecular weight is 515 g/mol. The highest BCUT2D eigenvalue weighted by Crippen LogP contribution is 2.48. The highest BCUT2D eigenvalue weighted by atomic mass is 32.1. The molecule has 1 saturated carbocycles. The van der Waals surface area contributed by atoms with Crippen molar-refractivity contribution in [1.29, 1.82) is 0 Å². The number of aromatic nitrogens is 3. The van der Waals surface area contributed by atoms with Crippen molar-refractivity contribution in [3.8, 4) is 0 Å². The van der Waals surface area contributed by atoms with E-state index in [-0.39, 0.29) is 17.4 Å². The number of rotatable bonds is 6. The maximum atomic E-state index is 13.4. The zero-order chi connectivity index (χ0) is 25.0. The van der Waals surface area contributed by atoms with Crippen LogP contribution in [0.2, 0.25) is 0 Å². The van der Waals surface area contributed by atoms with Crippen molar-refractivity contribution in [3.63, 3.8) is 0 Å². The number of likely N-dealkylation sites (tertiary alicyclic amines) is 1. The molecule has 0 bridgehead atoms. The van der Waals surface area contributed by atoms with Gasteiger partial charge >= 0.3 is 0 Å². The summed E-state index contributed by atoms with van der Waals surface area (Å²) in [4.78, 5) is 30.1. The molecule has 4 aromatic rings. The fourth-order valence-corrected chi connectivity index (χ4v) is 6.52. The van der Waals surface area contributed by atoms with E-state index >= 15 is 0 Å². The zero-order valence-corrected chi connectivity index (χ0v) is 21.4. The number of H-pyrrole nitrogens is 1. The summed E-state index contributed by atoms with van der Waals surface area (Å²) in [5.41, 5.74) is 7.82. The van der Waals surface area contributed by atoms with Crippen LogP contribution in [0.1, 0.15) is 31.4 Å². The van der Waals surface area contributed by atoms with Crippen LogP contribution in [0, 0.1) is 5.41 Å². The number of aliphatic hydroxyl groups excluding tert-OH is 1. The van der Waals surface area contributed by atoms with Crippen LogP contribution in [-0.4, -0.2) is 74.6 Å². The molecule has 0 radical (unpaired) electrons. The number of thiazole rings is 1. The molecule has 3 aromatic heterocycles. The number of β-amino-alcohol motifs (C(OH)–C–C–N with tert-alkyl or cyclic N) is 1. The predicted molar refractivity (Wildman–Crippen MR) is 147 cm³/mol. The van der Waals surface area contributed by atoms with E-state index < -0.39 is 0 Å². The lowest BCUT2D eigenvalue weighted by atomic mass is 10.00. The van der Waals surface area contributed by atoms with Crippen LogP contribution in [0.25, 0.3) is 26.8 Å². The molecular formula is C28H30N6O2S. The molecule has 0 spiro atoms. The Morgan fingerprint density at radius 2 is 2.14 bits per heavy atom. The quantitative estimate of drug-likeness (QED) is 0.353. The van der Waals surface area contributed by atoms with E-state index in [1.807, 2.05) is 28.7 Å². The highest BCUT2D eigenvalue weighted by molar-refractivity contribution is 7.16. The molecule has 1 saturated heterocycles. The second-order valence-electron chi connectivity index (χ2n) is 10.7. The average Bonchev–Trinajstić information content (AvgIpc) is 3.24. The van der Waals surface area contributed by atoms with Crippen LogP contribution in [-0.2, 0) is 4.79 Å². The number of pyridine rings is 1. The SMILES string of the molecule is O=C(N1CC=C(c2cc3c(Nc4ccc5ncsc5c4)ccnc3[nH]2)CC1)C1(CN2CC[C@@H](O)C2)CC1. The van der Waals surface area contributed by atoms with Gasteiger partial charge in [0.1, 0.15) is 5.65 Å². The number of anilines is 2. The maximum Gasteiger partial charge on any atom is 0.230 e. The van der Waals surface area contributed by atoms with Crippen molar-refractivity contribution >= 4 is 55.4 Å². The second kappa shape index (κ2) is 8.93. The van der Waals surface area contributed by atoms with Gasteiger partial charge in [-0.05, 0) is 61.6 Å². The van der Waals surface area contributed by atoms with E-state index in [2.05, 4.69) is 49.4 Å². The number of carbonyl (C=O) groups excluding carboxylic acids is 1. The lowest BCUT2D eigenvalue weighted by Gasteiger charge is -2.31. The van der Waals surface area contributed by atoms with Gasteiger partial charge in [-0.25, -0.2) is 9.97 Å². The predicted octanol–water partition coefficient (Wildman–Crippen LogP) is 4.38. The van der Waals surface area contributed by atoms with Gasteiger partial charge in [0.05, 0.1) is 32.9 Å². The number of nitrogens with one attached hydrogen (secondary N) is 2. The Bertz CT molecular complexity index is 1520. The summed E-state index contributed by atoms with van der Waals surface area (Å²) >= 11 is 1.64. The molecule has 1 aromatic carbocycles. The summed E-state index contributed by atoms with van der Waals surface area (Å²) < 4.78 is 1.16. The van der Waals surface area contributed by atoms with Crippen LogP contribution in [0.4, 0.5) is 11.4 Å². The second-order valence-corrected chi connectivity index (χ2v) is 11.5. The number of fused-ring (bicyclic) bond motifs is 2. The van der Waals surface area contributed by atoms with Crippen LogP contribution in [0.15, 0.2) is 48.1 Å². The molecule has 190 valence electrons. The third kappa shape index (κ3) is 4.31. The molecule has 2 aliphatic heterocycles. The first-order valence-corrected chi connectivity index (χ1v) is 13.9. The first-order chi connectivity index (χ1) is 18.1. The molecule has 2 fully saturated rings. The van der Waals surface area contributed by atoms with Gasteiger partial charge in [-0.15, -0.1) is 11.3 Å². The van der Waals surface area contributed by atoms with Crippen molar-refractivity contribution in [2.45, 2.75) is 31.8 Å². The van der Waals surface area contributed by atoms with Gasteiger partial charge in [0, 0.05) is 55.7 Å². The summed E-state index contributed by atoms with van der Waals surface area (Å²) in [5.74, 6) is 0.284. The van der Waals surface area contributed by atoms with Crippen molar-refractivity contribution in [3.05, 3.63) is 53.8 Å². The number of aliphatic hydroxyl groups is 1. The summed E-state index contributed by atoms with van der Waals surface area (Å²) in [6.07, 6.45) is 7.33. The number of hydrogen-bond donors (Lipinski definition) is 3. The van der Waals surface area contributed by atoms with Crippen LogP contribution in [0.5, 0.6) is 0 Å². The summed E-state index contributed by atoms with van der Waals surface area (Å²) in [5, 5.41) is 14.5. The molecule has 9 heteroatoms. The first-order valence-electron chi connectivity index (χ1n) is 13.0. The fourth-order valence-electron chi connectivity index (χ4n) is 5.81. The van der Waals surface area contributed by atoms with E-state index in [0.717, 1.165) is 83.6 Å². The molecule has 1 aliphatic carbocycles. The minimum absolute atomic E-state index is 0.233. The smallest absolute Gasteiger partial charge is 0.230 e. The van der Waals surface area contributed by atoms with Gasteiger partial charge in [-0.2, -0.15) is 0 Å². The molecule has 0 unspecified atom stereocenters. The number of nitrogens with zero attached hydrogens (tertiary/aromatic N) is 4. The number of amides is 1. The zero-order valence-electron chi connectivity index (χ0n) is 20.6. The maximum absolute atomic E-state index is 13.4. The lowest BCUT2D eigenvalue weighted by molar-refractivity contribution is -0.137. The van der Waals surface area contributed by atoms with Gasteiger partial charge in [0.15, 0.2) is 0 Å². The first kappa shape index (κ1) is 22.9. The molecule has 7 rings (SSSR count). The number of aromatic amines is 1. The molecule has 3 N–H and O–H groups in total. The molecule has 37 heavy (non-hydrogen) atoms. The Balaban J connectivity index is 1.07. The van der Waals surface area contributed by atoms with Crippen molar-refractivity contribution in [2.24, 2.45) is 5.41 Å². The Morgan fingerprint density at radius 3 is 2.92 bits per heavy atom. The topological polar surface area (TPSA) is 97.4 Å². The molecule has 1 amide bonds. The minimum Gasteiger partial charge on any atom is -0.392 e. The van der Waals surface area contributed by atoms with E-state index in [1.165, 1.54) is 5.57 Å². The van der Waals surface area contributed by atoms with Gasteiger partial charge in [0.2, 0.25) is 5.91 Å². The minimum atomic E-state index is -0.241. The standard InChI is InChI=1S/C28H30N6O2S/c35-20-6-10-33(15-20)16-28(7-8-28)27(36)34-11-4-18(5-12-34)24-14-21-22(3-9-29-26(21)32-24)31-19-1-2-23-25(13-19)37-17-30-23/h1-4,9,13-14,17,20,35H,5-8,10-12,15-16H2,(H2,29,31,32)/t20-/m1/s1. The Kier molecular flexibility index (Phi) is 5.53. The molecule has 5 heterocycles. The summed E-state index contributed by atoms with van der Waals surface area (Å²) in [6, 6.07) is 10.4. The Hall–Kier alpha value is -3.27. The lowest BCUT2D eigenvalue weighted by Crippen LogP contribution is -2.44. The van der Waals surface area contributed by atoms with Crippen LogP contribution in [0.3, 0.4) is 0 Å². The van der Waals surface area contributed by atoms with Crippen molar-refractivity contribution in [1.82, 2.24) is 24.8 Å². The van der Waals surface area contributed by atoms with Gasteiger partial charge in [-0.3, -0.25) is 9.69 Å². The van der Waals surface area contributed by atoms with Crippen molar-refractivity contribution in [2.75, 3.05) is 38.0 Å². The normalized spacial score (nSPS) is 21.5. The largest absolute Gasteiger partial charge is 0.392 e. The molecule has 1 atom stereocenters. The number of hydrogen-bond acceptors (Lipinski definition) is 7. The monoisotopic (exact) mass is 514 g/mol. The van der Waals surface area contributed by atoms with Crippen LogP contribution < -0.4 is 5.32 Å². The van der Waals surface area contributed by atoms with Crippen molar-refractivity contribution < 1.29 is 9.90 Å². The Labute approximate surface area is 219 Å². The molecular weight excluding hydrogens is 484 g/mol. The van der Waals surface area contributed by atoms with Gasteiger partial charge in [-0.1, -0.05) is 6.08 Å². The third-order valence-corrected chi connectivity index (χ3v) is 8.86. The number of carbonyl (C=O) groups is 1. The molecule has 3 aliphatic rings. The number of benzene rings is 1. The van der Waals surface area contributed by atoms with E-state index in [1.54, 1.807) is 11.3 Å². The van der Waals surface area contributed by atoms with E-state index in [4.69, 9.17) is 0 Å². The Morgan fingerprint density at radius 1 is 1.22 bits per heavy atom. The highest BCUT2D eigenvalue weighted by Gasteiger charge is 2.53. The molecule has 8 nitrogen and oxygen atoms in total. The third-order valence-electron chi connectivity index (χ3n) is 8.07. The summed E-state index contributed by atoms with van der Waals surface area (Å²) in [7, 11) is 0. The van der Waals surface area contributed by atoms with Gasteiger partial charge < -0.3 is 20.3 Å². The van der Waals surface area contributed by atoms with E-state index in [9.17, 15) is 9.90 Å². The summed E-state index contributed by atoms with van der Waals surface area (Å²) in [6.45, 7) is 3.75. The van der Waals surface area contributed by atoms with Gasteiger partial charge in [0.25, 0.3) is 0 Å².